The minimum absolute atomic E-state index is 0.0369. The normalized spacial score (nSPS) is 28.8. The van der Waals surface area contributed by atoms with Gasteiger partial charge in [-0.05, 0) is 62.5 Å². The van der Waals surface area contributed by atoms with Crippen LogP contribution < -0.4 is 24.8 Å². The number of fused-ring (bicyclic) bond motifs is 3. The second kappa shape index (κ2) is 16.7. The molecule has 1 aromatic carbocycles. The van der Waals surface area contributed by atoms with Crippen molar-refractivity contribution in [1.29, 1.82) is 0 Å². The number of carbonyl (C=O) groups excluding carboxylic acids is 4. The molecule has 7 atom stereocenters. The van der Waals surface area contributed by atoms with Crippen LogP contribution in [0.1, 0.15) is 79.1 Å². The number of carbonyl (C=O) groups is 4. The Hall–Kier alpha value is -4.26. The van der Waals surface area contributed by atoms with Crippen molar-refractivity contribution in [2.24, 2.45) is 23.2 Å². The Kier molecular flexibility index (Phi) is 12.5. The van der Waals surface area contributed by atoms with Crippen molar-refractivity contribution < 1.29 is 59.0 Å². The van der Waals surface area contributed by atoms with Crippen LogP contribution in [0.3, 0.4) is 0 Å². The highest BCUT2D eigenvalue weighted by Gasteiger charge is 2.62. The van der Waals surface area contributed by atoms with Gasteiger partial charge in [-0.25, -0.2) is 13.4 Å². The number of alkyl halides is 5. The number of aromatic nitrogens is 1. The minimum atomic E-state index is -4.74. The van der Waals surface area contributed by atoms with Gasteiger partial charge < -0.3 is 25.0 Å². The Morgan fingerprint density at radius 2 is 1.83 bits per heavy atom. The van der Waals surface area contributed by atoms with Gasteiger partial charge in [-0.1, -0.05) is 57.5 Å². The number of nitrogens with one attached hydrogen (secondary N) is 3. The maximum atomic E-state index is 14.8. The third kappa shape index (κ3) is 9.71. The molecule has 20 heteroatoms. The molecule has 0 spiro atoms. The van der Waals surface area contributed by atoms with Gasteiger partial charge in [0.15, 0.2) is 5.75 Å². The zero-order valence-electron chi connectivity index (χ0n) is 32.8. The first-order valence-electron chi connectivity index (χ1n) is 19.4. The molecule has 59 heavy (non-hydrogen) atoms. The quantitative estimate of drug-likeness (QED) is 0.197. The molecule has 3 N–H and O–H groups in total. The number of rotatable bonds is 10. The van der Waals surface area contributed by atoms with Crippen molar-refractivity contribution >= 4 is 56.0 Å². The molecular formula is C39H47ClF5N5O8S. The first-order valence-corrected chi connectivity index (χ1v) is 21.4. The number of hydrogen-bond donors (Lipinski definition) is 3. The Morgan fingerprint density at radius 1 is 1.12 bits per heavy atom. The summed E-state index contributed by atoms with van der Waals surface area (Å²) in [5.41, 5.74) is -4.12. The highest BCUT2D eigenvalue weighted by atomic mass is 35.5. The van der Waals surface area contributed by atoms with E-state index < -0.39 is 99.1 Å². The van der Waals surface area contributed by atoms with Gasteiger partial charge in [0.25, 0.3) is 5.91 Å². The number of amides is 4. The summed E-state index contributed by atoms with van der Waals surface area (Å²) in [6, 6.07) is 1.64. The SMILES string of the molecule is C[C@@H]1CC/C=C\[C@@H]2C[C@@]2(C(=O)NS(=O)(=O)C2CC2)NC(=O)[C@@H]2C[C@@H](Oc3ncc(OC(F)F)c4c(Cl)cccc34)CN2C(=O)[C@@H](NC(=O)CC(C)(C)C(F)(F)F)[C@H](C)C1. The lowest BCUT2D eigenvalue weighted by molar-refractivity contribution is -0.214. The Bertz CT molecular complexity index is 2120. The van der Waals surface area contributed by atoms with Gasteiger partial charge in [0.05, 0.1) is 28.4 Å². The molecule has 13 nitrogen and oxygen atoms in total. The van der Waals surface area contributed by atoms with Crippen LogP contribution in [0.2, 0.25) is 5.02 Å². The smallest absolute Gasteiger partial charge is 0.394 e. The number of nitrogens with zero attached hydrogens (tertiary/aromatic N) is 2. The fraction of sp³-hybridized carbons (Fsp3) is 0.615. The van der Waals surface area contributed by atoms with Crippen LogP contribution in [0.15, 0.2) is 36.5 Å². The first kappa shape index (κ1) is 44.3. The zero-order chi connectivity index (χ0) is 43.2. The minimum Gasteiger partial charge on any atom is -0.472 e. The number of ether oxygens (including phenoxy) is 2. The Labute approximate surface area is 343 Å². The van der Waals surface area contributed by atoms with E-state index in [1.54, 1.807) is 13.0 Å². The number of benzene rings is 1. The summed E-state index contributed by atoms with van der Waals surface area (Å²) < 4.78 is 107. The van der Waals surface area contributed by atoms with Gasteiger partial charge in [0.1, 0.15) is 23.7 Å². The zero-order valence-corrected chi connectivity index (χ0v) is 34.4. The van der Waals surface area contributed by atoms with Crippen LogP contribution in [0.4, 0.5) is 22.0 Å². The summed E-state index contributed by atoms with van der Waals surface area (Å²) in [5, 5.41) is 4.79. The Balaban J connectivity index is 1.36. The molecule has 1 saturated heterocycles. The molecule has 2 saturated carbocycles. The molecule has 0 radical (unpaired) electrons. The van der Waals surface area contributed by atoms with Crippen molar-refractivity contribution in [2.45, 2.75) is 121 Å². The molecule has 0 bridgehead atoms. The molecule has 6 rings (SSSR count). The predicted octanol–water partition coefficient (Wildman–Crippen LogP) is 5.80. The van der Waals surface area contributed by atoms with Crippen LogP contribution in [0.25, 0.3) is 10.8 Å². The number of allylic oxidation sites excluding steroid dienone is 1. The standard InChI is InChI=1S/C39H47ClF5N5O8S/c1-20-8-5-6-9-22-16-38(22,35(54)49-59(55,56)24-12-13-24)48-32(52)27-15-23(57-33-25-10-7-11-26(40)30(25)28(18-46-33)58-36(41)42)19-50(27)34(53)31(21(2)14-20)47-29(51)17-37(3,4)39(43,44)45/h6-7,9-11,18,20-24,27,31,36H,5,8,12-17,19H2,1-4H3,(H,47,51)(H,48,52)(H,49,54)/b9-6-/t20-,21-,22-,23-,27+,31+,38-/m1/s1. The fourth-order valence-electron chi connectivity index (χ4n) is 7.87. The van der Waals surface area contributed by atoms with E-state index in [1.807, 2.05) is 13.0 Å². The lowest BCUT2D eigenvalue weighted by Crippen LogP contribution is -2.59. The van der Waals surface area contributed by atoms with Crippen molar-refractivity contribution in [2.75, 3.05) is 6.54 Å². The van der Waals surface area contributed by atoms with Gasteiger partial charge in [-0.15, -0.1) is 0 Å². The number of pyridine rings is 1. The Morgan fingerprint density at radius 3 is 2.49 bits per heavy atom. The molecule has 3 heterocycles. The summed E-state index contributed by atoms with van der Waals surface area (Å²) in [4.78, 5) is 61.6. The average Bonchev–Trinajstić information content (AvgIpc) is 4.05. The van der Waals surface area contributed by atoms with Crippen molar-refractivity contribution in [3.63, 3.8) is 0 Å². The summed E-state index contributed by atoms with van der Waals surface area (Å²) in [7, 11) is -4.02. The molecule has 2 aliphatic carbocycles. The highest BCUT2D eigenvalue weighted by Crippen LogP contribution is 2.47. The number of sulfonamides is 1. The van der Waals surface area contributed by atoms with Crippen LogP contribution in [0, 0.1) is 23.2 Å². The van der Waals surface area contributed by atoms with Crippen molar-refractivity contribution in [3.05, 3.63) is 41.6 Å². The van der Waals surface area contributed by atoms with Gasteiger partial charge >= 0.3 is 12.8 Å². The van der Waals surface area contributed by atoms with Gasteiger partial charge in [-0.2, -0.15) is 22.0 Å². The van der Waals surface area contributed by atoms with E-state index in [0.29, 0.717) is 32.1 Å². The molecular weight excluding hydrogens is 829 g/mol. The van der Waals surface area contributed by atoms with Crippen LogP contribution in [0.5, 0.6) is 11.6 Å². The summed E-state index contributed by atoms with van der Waals surface area (Å²) >= 11 is 6.38. The van der Waals surface area contributed by atoms with E-state index in [9.17, 15) is 49.5 Å². The third-order valence-electron chi connectivity index (χ3n) is 11.6. The maximum absolute atomic E-state index is 14.8. The molecule has 2 aliphatic heterocycles. The second-order valence-electron chi connectivity index (χ2n) is 16.8. The topological polar surface area (TPSA) is 173 Å². The van der Waals surface area contributed by atoms with E-state index in [-0.39, 0.29) is 52.7 Å². The highest BCUT2D eigenvalue weighted by molar-refractivity contribution is 7.91. The molecule has 3 fully saturated rings. The van der Waals surface area contributed by atoms with E-state index in [0.717, 1.165) is 24.9 Å². The molecule has 324 valence electrons. The summed E-state index contributed by atoms with van der Waals surface area (Å²) in [5.74, 6) is -5.34. The molecule has 1 aromatic heterocycles. The summed E-state index contributed by atoms with van der Waals surface area (Å²) in [6.07, 6.45) is -0.124. The first-order chi connectivity index (χ1) is 27.5. The molecule has 0 unspecified atom stereocenters. The third-order valence-corrected chi connectivity index (χ3v) is 13.7. The van der Waals surface area contributed by atoms with Gasteiger partial charge in [-0.3, -0.25) is 23.9 Å². The molecule has 4 aliphatic rings. The van der Waals surface area contributed by atoms with Crippen LogP contribution in [-0.4, -0.2) is 90.2 Å². The maximum Gasteiger partial charge on any atom is 0.394 e. The van der Waals surface area contributed by atoms with Gasteiger partial charge in [0, 0.05) is 29.5 Å². The fourth-order valence-corrected chi connectivity index (χ4v) is 9.50. The van der Waals surface area contributed by atoms with E-state index in [1.165, 1.54) is 18.2 Å². The monoisotopic (exact) mass is 875 g/mol. The van der Waals surface area contributed by atoms with Crippen molar-refractivity contribution in [1.82, 2.24) is 25.2 Å². The van der Waals surface area contributed by atoms with Crippen LogP contribution >= 0.6 is 11.6 Å². The van der Waals surface area contributed by atoms with E-state index in [2.05, 4.69) is 25.1 Å². The average molecular weight is 876 g/mol. The van der Waals surface area contributed by atoms with Gasteiger partial charge in [0.2, 0.25) is 33.6 Å². The van der Waals surface area contributed by atoms with E-state index >= 15 is 0 Å². The van der Waals surface area contributed by atoms with Crippen molar-refractivity contribution in [3.8, 4) is 11.6 Å². The van der Waals surface area contributed by atoms with E-state index in [4.69, 9.17) is 16.3 Å². The lowest BCUT2D eigenvalue weighted by atomic mass is 9.86. The predicted molar refractivity (Wildman–Crippen MR) is 205 cm³/mol. The number of halogens is 6. The van der Waals surface area contributed by atoms with Crippen LogP contribution in [-0.2, 0) is 29.2 Å². The second-order valence-corrected chi connectivity index (χ2v) is 19.2. The molecule has 4 amide bonds. The summed E-state index contributed by atoms with van der Waals surface area (Å²) in [6.45, 7) is 1.82. The lowest BCUT2D eigenvalue weighted by Gasteiger charge is -2.34. The number of hydrogen-bond acceptors (Lipinski definition) is 9. The molecule has 2 aromatic rings. The largest absolute Gasteiger partial charge is 0.472 e.